The lowest BCUT2D eigenvalue weighted by molar-refractivity contribution is 0.929. The summed E-state index contributed by atoms with van der Waals surface area (Å²) in [4.78, 5) is 0. The summed E-state index contributed by atoms with van der Waals surface area (Å²) in [6.07, 6.45) is 2.52. The molecular weight excluding hydrogens is 122 g/mol. The Bertz CT molecular complexity index is 240. The largest absolute Gasteiger partial charge is 0.344 e. The van der Waals surface area contributed by atoms with Crippen LogP contribution in [-0.4, -0.2) is 0 Å². The van der Waals surface area contributed by atoms with Crippen molar-refractivity contribution >= 4 is 0 Å². The molecule has 3 N–H and O–H groups in total. The second-order valence-electron chi connectivity index (χ2n) is 2.62. The Morgan fingerprint density at radius 3 is 2.50 bits per heavy atom. The van der Waals surface area contributed by atoms with Crippen molar-refractivity contribution < 1.29 is 0 Å². The first kappa shape index (κ1) is 7.29. The molecule has 0 aliphatic heterocycles. The molecule has 54 valence electrons. The van der Waals surface area contributed by atoms with Crippen LogP contribution in [0.15, 0.2) is 18.2 Å². The van der Waals surface area contributed by atoms with Gasteiger partial charge >= 0.3 is 0 Å². The average Bonchev–Trinajstić information content (AvgIpc) is 2.54. The van der Waals surface area contributed by atoms with Gasteiger partial charge in [-0.05, 0) is 29.2 Å². The van der Waals surface area contributed by atoms with Crippen molar-refractivity contribution in [1.82, 2.24) is 6.15 Å². The number of aryl methyl sites for hydroxylation is 1. The lowest BCUT2D eigenvalue weighted by Crippen LogP contribution is -1.75. The highest BCUT2D eigenvalue weighted by Crippen LogP contribution is 2.38. The minimum atomic E-state index is 0. The first-order valence-electron chi connectivity index (χ1n) is 3.55. The van der Waals surface area contributed by atoms with Crippen LogP contribution in [0.1, 0.15) is 18.9 Å². The van der Waals surface area contributed by atoms with Gasteiger partial charge in [-0.1, -0.05) is 25.5 Å². The van der Waals surface area contributed by atoms with E-state index in [0.717, 1.165) is 0 Å². The number of fused-ring (bicyclic) bond motifs is 1. The predicted octanol–water partition coefficient (Wildman–Crippen LogP) is 2.78. The molecule has 0 aromatic rings. The second-order valence-corrected chi connectivity index (χ2v) is 2.62. The molecule has 0 amide bonds. The van der Waals surface area contributed by atoms with Gasteiger partial charge in [0.25, 0.3) is 0 Å². The van der Waals surface area contributed by atoms with E-state index in [1.54, 1.807) is 5.56 Å². The molecule has 2 aliphatic carbocycles. The van der Waals surface area contributed by atoms with Gasteiger partial charge in [0.05, 0.1) is 0 Å². The van der Waals surface area contributed by atoms with Crippen molar-refractivity contribution in [3.63, 3.8) is 0 Å². The predicted molar refractivity (Wildman–Crippen MR) is 44.5 cm³/mol. The molecule has 0 unspecified atom stereocenters. The van der Waals surface area contributed by atoms with Crippen LogP contribution in [0.2, 0.25) is 0 Å². The first-order valence-corrected chi connectivity index (χ1v) is 3.55. The zero-order valence-corrected chi connectivity index (χ0v) is 6.35. The van der Waals surface area contributed by atoms with Crippen LogP contribution in [0.3, 0.4) is 0 Å². The van der Waals surface area contributed by atoms with Crippen molar-refractivity contribution in [3.8, 4) is 11.1 Å². The summed E-state index contributed by atoms with van der Waals surface area (Å²) in [5, 5.41) is 0. The standard InChI is InChI=1S/C9H10.H3N/c1-2-3-7-4-5-8-6-9(7)8;/h4-6H,2-3H2,1H3;1H3. The van der Waals surface area contributed by atoms with Crippen LogP contribution in [-0.2, 0) is 6.42 Å². The minimum absolute atomic E-state index is 0. The van der Waals surface area contributed by atoms with E-state index >= 15 is 0 Å². The van der Waals surface area contributed by atoms with Crippen molar-refractivity contribution in [3.05, 3.63) is 23.8 Å². The molecule has 2 aliphatic rings. The highest BCUT2D eigenvalue weighted by molar-refractivity contribution is 5.84. The maximum Gasteiger partial charge on any atom is -0.0146 e. The van der Waals surface area contributed by atoms with Crippen LogP contribution >= 0.6 is 0 Å². The Morgan fingerprint density at radius 2 is 2.10 bits per heavy atom. The maximum absolute atomic E-state index is 2.25. The first-order chi connectivity index (χ1) is 4.42. The van der Waals surface area contributed by atoms with Crippen LogP contribution in [0.5, 0.6) is 0 Å². The number of benzene rings is 1. The van der Waals surface area contributed by atoms with Gasteiger partial charge in [0.2, 0.25) is 0 Å². The molecule has 0 saturated heterocycles. The third-order valence-electron chi connectivity index (χ3n) is 1.86. The molecule has 0 saturated carbocycles. The molecule has 1 heteroatoms. The molecule has 0 aromatic carbocycles. The Morgan fingerprint density at radius 1 is 1.30 bits per heavy atom. The molecule has 0 radical (unpaired) electrons. The Hall–Kier alpha value is -0.820. The Kier molecular flexibility index (Phi) is 1.77. The summed E-state index contributed by atoms with van der Waals surface area (Å²) in [6, 6.07) is 6.71. The molecule has 0 heterocycles. The topological polar surface area (TPSA) is 35.0 Å². The van der Waals surface area contributed by atoms with Crippen molar-refractivity contribution in [2.75, 3.05) is 0 Å². The van der Waals surface area contributed by atoms with Crippen LogP contribution in [0.25, 0.3) is 11.1 Å². The minimum Gasteiger partial charge on any atom is -0.344 e. The summed E-state index contributed by atoms with van der Waals surface area (Å²) < 4.78 is 0. The van der Waals surface area contributed by atoms with E-state index < -0.39 is 0 Å². The maximum atomic E-state index is 2.25. The average molecular weight is 135 g/mol. The second kappa shape index (κ2) is 2.43. The van der Waals surface area contributed by atoms with Gasteiger partial charge in [0.1, 0.15) is 0 Å². The zero-order valence-electron chi connectivity index (χ0n) is 6.35. The zero-order chi connectivity index (χ0) is 6.27. The van der Waals surface area contributed by atoms with Crippen LogP contribution in [0.4, 0.5) is 0 Å². The van der Waals surface area contributed by atoms with E-state index in [-0.39, 0.29) is 6.15 Å². The monoisotopic (exact) mass is 135 g/mol. The van der Waals surface area contributed by atoms with E-state index in [4.69, 9.17) is 0 Å². The molecule has 1 nitrogen and oxygen atoms in total. The fourth-order valence-electron chi connectivity index (χ4n) is 1.30. The fraction of sp³-hybridized carbons (Fsp3) is 0.333. The Balaban J connectivity index is 0.000000500. The van der Waals surface area contributed by atoms with Gasteiger partial charge in [-0.2, -0.15) is 0 Å². The van der Waals surface area contributed by atoms with E-state index in [2.05, 4.69) is 25.1 Å². The van der Waals surface area contributed by atoms with Gasteiger partial charge in [-0.3, -0.25) is 0 Å². The summed E-state index contributed by atoms with van der Waals surface area (Å²) in [5.41, 5.74) is 4.54. The number of hydrogen-bond acceptors (Lipinski definition) is 1. The molecule has 10 heavy (non-hydrogen) atoms. The molecule has 0 atom stereocenters. The summed E-state index contributed by atoms with van der Waals surface area (Å²) in [7, 11) is 0. The van der Waals surface area contributed by atoms with E-state index in [1.807, 2.05) is 0 Å². The molecule has 0 aromatic heterocycles. The summed E-state index contributed by atoms with van der Waals surface area (Å²) >= 11 is 0. The third-order valence-corrected chi connectivity index (χ3v) is 1.86. The number of rotatable bonds is 2. The molecule has 0 bridgehead atoms. The smallest absolute Gasteiger partial charge is 0.0146 e. The van der Waals surface area contributed by atoms with Crippen molar-refractivity contribution in [1.29, 1.82) is 0 Å². The van der Waals surface area contributed by atoms with Crippen LogP contribution < -0.4 is 6.15 Å². The van der Waals surface area contributed by atoms with E-state index in [9.17, 15) is 0 Å². The van der Waals surface area contributed by atoms with E-state index in [0.29, 0.717) is 0 Å². The highest BCUT2D eigenvalue weighted by Gasteiger charge is 2.15. The van der Waals surface area contributed by atoms with Gasteiger partial charge in [0, 0.05) is 0 Å². The normalized spacial score (nSPS) is 10.5. The summed E-state index contributed by atoms with van der Waals surface area (Å²) in [5.74, 6) is 0. The SMILES string of the molecule is CCCc1ccc2cc1-2.N. The molecule has 0 fully saturated rings. The van der Waals surface area contributed by atoms with Crippen molar-refractivity contribution in [2.24, 2.45) is 0 Å². The van der Waals surface area contributed by atoms with Gasteiger partial charge in [0.15, 0.2) is 0 Å². The number of hydrogen-bond donors (Lipinski definition) is 1. The highest BCUT2D eigenvalue weighted by atomic mass is 14.2. The molecule has 0 spiro atoms. The Labute approximate surface area is 61.7 Å². The van der Waals surface area contributed by atoms with Gasteiger partial charge < -0.3 is 6.15 Å². The van der Waals surface area contributed by atoms with Crippen LogP contribution in [0, 0.1) is 0 Å². The van der Waals surface area contributed by atoms with Gasteiger partial charge in [-0.25, -0.2) is 0 Å². The van der Waals surface area contributed by atoms with E-state index in [1.165, 1.54) is 24.0 Å². The lowest BCUT2D eigenvalue weighted by Gasteiger charge is -1.89. The van der Waals surface area contributed by atoms with Gasteiger partial charge in [-0.15, -0.1) is 0 Å². The molecular formula is C9H13N. The third kappa shape index (κ3) is 0.929. The lowest BCUT2D eigenvalue weighted by atomic mass is 10.2. The fourth-order valence-corrected chi connectivity index (χ4v) is 1.30. The molecule has 2 rings (SSSR count). The summed E-state index contributed by atoms with van der Waals surface area (Å²) in [6.45, 7) is 2.22. The van der Waals surface area contributed by atoms with Crippen molar-refractivity contribution in [2.45, 2.75) is 19.8 Å². The quantitative estimate of drug-likeness (QED) is 0.675.